The molecule has 0 radical (unpaired) electrons. The second-order valence-electron chi connectivity index (χ2n) is 4.76. The van der Waals surface area contributed by atoms with E-state index in [2.05, 4.69) is 20.6 Å². The summed E-state index contributed by atoms with van der Waals surface area (Å²) in [6.45, 7) is 1.40. The Morgan fingerprint density at radius 3 is 2.91 bits per heavy atom. The Morgan fingerprint density at radius 2 is 2.23 bits per heavy atom. The number of alkyl halides is 1. The zero-order valence-corrected chi connectivity index (χ0v) is 12.8. The lowest BCUT2D eigenvalue weighted by Gasteiger charge is -2.15. The summed E-state index contributed by atoms with van der Waals surface area (Å²) in [5.41, 5.74) is 1.49. The fourth-order valence-electron chi connectivity index (χ4n) is 1.80. The molecule has 5 nitrogen and oxygen atoms in total. The second kappa shape index (κ2) is 7.70. The molecule has 2 rings (SSSR count). The summed E-state index contributed by atoms with van der Waals surface area (Å²) in [6.07, 6.45) is 3.02. The lowest BCUT2D eigenvalue weighted by atomic mass is 10.2. The van der Waals surface area contributed by atoms with Crippen LogP contribution in [0.1, 0.15) is 23.0 Å². The first-order chi connectivity index (χ1) is 10.6. The van der Waals surface area contributed by atoms with Crippen LogP contribution < -0.4 is 10.6 Å². The standard InChI is InChI=1S/C15H16ClFN4O/c1-10(7-17)21-13-6-14(16)19-9-12(13)15(22)20-8-11-4-2-3-5-18-11/h2-6,9-10H,7-8H2,1H3,(H,19,21)(H,20,22)/t10-/m0/s1. The highest BCUT2D eigenvalue weighted by molar-refractivity contribution is 6.29. The molecular formula is C15H16ClFN4O. The number of anilines is 1. The molecule has 116 valence electrons. The van der Waals surface area contributed by atoms with Gasteiger partial charge in [-0.15, -0.1) is 0 Å². The average Bonchev–Trinajstić information content (AvgIpc) is 2.53. The topological polar surface area (TPSA) is 66.9 Å². The quantitative estimate of drug-likeness (QED) is 0.803. The van der Waals surface area contributed by atoms with Gasteiger partial charge in [0, 0.05) is 12.4 Å². The Bertz CT molecular complexity index is 639. The van der Waals surface area contributed by atoms with Crippen molar-refractivity contribution in [3.05, 3.63) is 53.1 Å². The molecule has 2 N–H and O–H groups in total. The van der Waals surface area contributed by atoms with Gasteiger partial charge in [-0.1, -0.05) is 17.7 Å². The number of nitrogens with zero attached hydrogens (tertiary/aromatic N) is 2. The number of hydrogen-bond donors (Lipinski definition) is 2. The van der Waals surface area contributed by atoms with Gasteiger partial charge in [0.1, 0.15) is 11.8 Å². The number of hydrogen-bond acceptors (Lipinski definition) is 4. The third-order valence-corrected chi connectivity index (χ3v) is 3.11. The van der Waals surface area contributed by atoms with Crippen LogP contribution in [-0.2, 0) is 6.54 Å². The monoisotopic (exact) mass is 322 g/mol. The normalized spacial score (nSPS) is 11.8. The van der Waals surface area contributed by atoms with Crippen molar-refractivity contribution in [1.29, 1.82) is 0 Å². The Kier molecular flexibility index (Phi) is 5.66. The van der Waals surface area contributed by atoms with E-state index in [0.717, 1.165) is 5.69 Å². The van der Waals surface area contributed by atoms with Gasteiger partial charge in [-0.3, -0.25) is 9.78 Å². The Labute approximate surface area is 132 Å². The zero-order valence-electron chi connectivity index (χ0n) is 12.0. The molecule has 0 saturated carbocycles. The Hall–Kier alpha value is -2.21. The molecule has 1 atom stereocenters. The van der Waals surface area contributed by atoms with Gasteiger partial charge < -0.3 is 10.6 Å². The Morgan fingerprint density at radius 1 is 1.41 bits per heavy atom. The molecule has 22 heavy (non-hydrogen) atoms. The van der Waals surface area contributed by atoms with Crippen molar-refractivity contribution in [1.82, 2.24) is 15.3 Å². The molecule has 0 spiro atoms. The van der Waals surface area contributed by atoms with Crippen molar-refractivity contribution in [2.75, 3.05) is 12.0 Å². The molecule has 0 aromatic carbocycles. The molecule has 0 bridgehead atoms. The molecule has 7 heteroatoms. The van der Waals surface area contributed by atoms with Gasteiger partial charge >= 0.3 is 0 Å². The highest BCUT2D eigenvalue weighted by Crippen LogP contribution is 2.20. The van der Waals surface area contributed by atoms with Crippen molar-refractivity contribution in [3.63, 3.8) is 0 Å². The number of aromatic nitrogens is 2. The van der Waals surface area contributed by atoms with Gasteiger partial charge in [-0.25, -0.2) is 9.37 Å². The van der Waals surface area contributed by atoms with Crippen molar-refractivity contribution in [3.8, 4) is 0 Å². The summed E-state index contributed by atoms with van der Waals surface area (Å²) >= 11 is 5.83. The average molecular weight is 323 g/mol. The first-order valence-corrected chi connectivity index (χ1v) is 7.14. The minimum Gasteiger partial charge on any atom is -0.379 e. The minimum absolute atomic E-state index is 0.231. The van der Waals surface area contributed by atoms with Crippen molar-refractivity contribution in [2.45, 2.75) is 19.5 Å². The van der Waals surface area contributed by atoms with E-state index in [9.17, 15) is 9.18 Å². The van der Waals surface area contributed by atoms with Crippen LogP contribution in [0.3, 0.4) is 0 Å². The molecule has 0 aliphatic heterocycles. The Balaban J connectivity index is 2.11. The number of halogens is 2. The van der Waals surface area contributed by atoms with Crippen LogP contribution in [-0.4, -0.2) is 28.6 Å². The van der Waals surface area contributed by atoms with E-state index in [1.54, 1.807) is 19.2 Å². The summed E-state index contributed by atoms with van der Waals surface area (Å²) < 4.78 is 12.7. The molecule has 2 aromatic heterocycles. The largest absolute Gasteiger partial charge is 0.379 e. The summed E-state index contributed by atoms with van der Waals surface area (Å²) in [7, 11) is 0. The highest BCUT2D eigenvalue weighted by atomic mass is 35.5. The SMILES string of the molecule is C[C@@H](CF)Nc1cc(Cl)ncc1C(=O)NCc1ccccn1. The van der Waals surface area contributed by atoms with Crippen LogP contribution in [0.2, 0.25) is 5.15 Å². The molecule has 0 unspecified atom stereocenters. The van der Waals surface area contributed by atoms with E-state index in [-0.39, 0.29) is 11.1 Å². The molecule has 2 heterocycles. The van der Waals surface area contributed by atoms with Crippen LogP contribution >= 0.6 is 11.6 Å². The second-order valence-corrected chi connectivity index (χ2v) is 5.14. The molecular weight excluding hydrogens is 307 g/mol. The summed E-state index contributed by atoms with van der Waals surface area (Å²) in [5, 5.41) is 5.88. The number of rotatable bonds is 6. The fourth-order valence-corrected chi connectivity index (χ4v) is 1.96. The maximum Gasteiger partial charge on any atom is 0.255 e. The minimum atomic E-state index is -0.561. The first-order valence-electron chi connectivity index (χ1n) is 6.76. The van der Waals surface area contributed by atoms with Crippen molar-refractivity contribution >= 4 is 23.2 Å². The number of carbonyl (C=O) groups excluding carboxylic acids is 1. The van der Waals surface area contributed by atoms with E-state index in [4.69, 9.17) is 11.6 Å². The maximum atomic E-state index is 12.7. The summed E-state index contributed by atoms with van der Waals surface area (Å²) in [4.78, 5) is 20.3. The van der Waals surface area contributed by atoms with Crippen molar-refractivity contribution in [2.24, 2.45) is 0 Å². The van der Waals surface area contributed by atoms with E-state index >= 15 is 0 Å². The third-order valence-electron chi connectivity index (χ3n) is 2.90. The summed E-state index contributed by atoms with van der Waals surface area (Å²) in [6, 6.07) is 6.53. The smallest absolute Gasteiger partial charge is 0.255 e. The van der Waals surface area contributed by atoms with E-state index < -0.39 is 12.7 Å². The predicted molar refractivity (Wildman–Crippen MR) is 83.7 cm³/mol. The van der Waals surface area contributed by atoms with Crippen LogP contribution in [0, 0.1) is 0 Å². The van der Waals surface area contributed by atoms with E-state index in [0.29, 0.717) is 17.8 Å². The number of pyridine rings is 2. The molecule has 0 saturated heterocycles. The van der Waals surface area contributed by atoms with Crippen LogP contribution in [0.5, 0.6) is 0 Å². The van der Waals surface area contributed by atoms with Crippen LogP contribution in [0.4, 0.5) is 10.1 Å². The van der Waals surface area contributed by atoms with E-state index in [1.165, 1.54) is 12.3 Å². The first kappa shape index (κ1) is 16.2. The number of amides is 1. The maximum absolute atomic E-state index is 12.7. The fraction of sp³-hybridized carbons (Fsp3) is 0.267. The third kappa shape index (κ3) is 4.39. The number of carbonyl (C=O) groups is 1. The lowest BCUT2D eigenvalue weighted by molar-refractivity contribution is 0.0951. The van der Waals surface area contributed by atoms with E-state index in [1.807, 2.05) is 12.1 Å². The van der Waals surface area contributed by atoms with Crippen LogP contribution in [0.25, 0.3) is 0 Å². The van der Waals surface area contributed by atoms with Gasteiger partial charge in [0.25, 0.3) is 5.91 Å². The summed E-state index contributed by atoms with van der Waals surface area (Å²) in [5.74, 6) is -0.330. The lowest BCUT2D eigenvalue weighted by Crippen LogP contribution is -2.26. The molecule has 2 aromatic rings. The van der Waals surface area contributed by atoms with Gasteiger partial charge in [0.05, 0.1) is 29.5 Å². The molecule has 1 amide bonds. The van der Waals surface area contributed by atoms with Gasteiger partial charge in [0.2, 0.25) is 0 Å². The van der Waals surface area contributed by atoms with Gasteiger partial charge in [0.15, 0.2) is 0 Å². The van der Waals surface area contributed by atoms with Gasteiger partial charge in [-0.05, 0) is 25.1 Å². The molecule has 0 fully saturated rings. The molecule has 0 aliphatic rings. The van der Waals surface area contributed by atoms with Gasteiger partial charge in [-0.2, -0.15) is 0 Å². The highest BCUT2D eigenvalue weighted by Gasteiger charge is 2.14. The number of nitrogens with one attached hydrogen (secondary N) is 2. The zero-order chi connectivity index (χ0) is 15.9. The predicted octanol–water partition coefficient (Wildman–Crippen LogP) is 2.83. The van der Waals surface area contributed by atoms with Crippen LogP contribution in [0.15, 0.2) is 36.7 Å². The molecule has 0 aliphatic carbocycles. The van der Waals surface area contributed by atoms with Crippen molar-refractivity contribution < 1.29 is 9.18 Å².